The summed E-state index contributed by atoms with van der Waals surface area (Å²) in [5.41, 5.74) is 6.41. The molecule has 0 spiro atoms. The first kappa shape index (κ1) is 15.3. The third-order valence-corrected chi connectivity index (χ3v) is 5.44. The van der Waals surface area contributed by atoms with Gasteiger partial charge in [0.15, 0.2) is 5.52 Å². The van der Waals surface area contributed by atoms with Gasteiger partial charge in [0.05, 0.1) is 12.4 Å². The Morgan fingerprint density at radius 1 is 1.08 bits per heavy atom. The van der Waals surface area contributed by atoms with Gasteiger partial charge in [-0.15, -0.1) is 0 Å². The molecule has 0 saturated heterocycles. The minimum absolute atomic E-state index is 0.870. The van der Waals surface area contributed by atoms with Crippen LogP contribution in [0.2, 0.25) is 0 Å². The fourth-order valence-corrected chi connectivity index (χ4v) is 4.13. The van der Waals surface area contributed by atoms with Gasteiger partial charge in [-0.25, -0.2) is 4.57 Å². The number of aryl methyl sites for hydroxylation is 2. The van der Waals surface area contributed by atoms with E-state index in [0.717, 1.165) is 11.4 Å². The number of hydrogen-bond acceptors (Lipinski definition) is 1. The Hall–Kier alpha value is -2.22. The van der Waals surface area contributed by atoms with Crippen molar-refractivity contribution in [1.29, 1.82) is 0 Å². The summed E-state index contributed by atoms with van der Waals surface area (Å²) in [5.74, 6) is 0.870. The van der Waals surface area contributed by atoms with Crippen LogP contribution in [0.15, 0.2) is 48.8 Å². The Labute approximate surface area is 144 Å². The average Bonchev–Trinajstić information content (AvgIpc) is 3.09. The van der Waals surface area contributed by atoms with E-state index in [2.05, 4.69) is 66.0 Å². The van der Waals surface area contributed by atoms with Crippen molar-refractivity contribution < 1.29 is 4.57 Å². The van der Waals surface area contributed by atoms with Gasteiger partial charge < -0.3 is 0 Å². The lowest BCUT2D eigenvalue weighted by Gasteiger charge is -2.11. The van der Waals surface area contributed by atoms with Crippen LogP contribution in [0.4, 0.5) is 0 Å². The number of hydrogen-bond donors (Lipinski definition) is 0. The highest BCUT2D eigenvalue weighted by Gasteiger charge is 2.19. The van der Waals surface area contributed by atoms with E-state index in [1.807, 2.05) is 6.33 Å². The van der Waals surface area contributed by atoms with Gasteiger partial charge in [0.25, 0.3) is 6.33 Å². The van der Waals surface area contributed by atoms with Crippen LogP contribution >= 0.6 is 0 Å². The van der Waals surface area contributed by atoms with Crippen LogP contribution in [0.25, 0.3) is 22.2 Å². The number of nitrogens with zero attached hydrogens (tertiary/aromatic N) is 2. The first-order valence-electron chi connectivity index (χ1n) is 9.05. The van der Waals surface area contributed by atoms with E-state index < -0.39 is 0 Å². The normalized spacial score (nSPS) is 15.2. The molecule has 0 amide bonds. The number of aromatic nitrogens is 2. The maximum Gasteiger partial charge on any atom is 0.287 e. The summed E-state index contributed by atoms with van der Waals surface area (Å²) in [6.45, 7) is 2.18. The molecule has 1 aliphatic rings. The van der Waals surface area contributed by atoms with E-state index in [1.54, 1.807) is 0 Å². The molecule has 4 rings (SSSR count). The van der Waals surface area contributed by atoms with Gasteiger partial charge in [-0.3, -0.25) is 0 Å². The molecule has 2 aromatic carbocycles. The predicted octanol–water partition coefficient (Wildman–Crippen LogP) is 4.77. The second-order valence-corrected chi connectivity index (χ2v) is 7.23. The van der Waals surface area contributed by atoms with E-state index >= 15 is 0 Å². The molecule has 1 saturated carbocycles. The molecule has 3 aromatic rings. The van der Waals surface area contributed by atoms with E-state index in [4.69, 9.17) is 0 Å². The highest BCUT2D eigenvalue weighted by Crippen LogP contribution is 2.31. The van der Waals surface area contributed by atoms with Crippen molar-refractivity contribution in [3.8, 4) is 11.3 Å². The van der Waals surface area contributed by atoms with Crippen molar-refractivity contribution in [3.05, 3.63) is 59.9 Å². The molecule has 1 fully saturated rings. The van der Waals surface area contributed by atoms with Crippen LogP contribution < -0.4 is 4.57 Å². The molecule has 0 aliphatic heterocycles. The Kier molecular flexibility index (Phi) is 4.05. The maximum absolute atomic E-state index is 4.63. The molecule has 0 N–H and O–H groups in total. The van der Waals surface area contributed by atoms with Gasteiger partial charge in [-0.2, -0.15) is 0 Å². The van der Waals surface area contributed by atoms with E-state index in [1.165, 1.54) is 59.9 Å². The summed E-state index contributed by atoms with van der Waals surface area (Å²) in [7, 11) is 2.10. The molecule has 0 radical (unpaired) electrons. The SMILES string of the molecule is Cc1ccccc1-c1c2cc(CC3CCCC3)ccc2nc[n+]1C. The predicted molar refractivity (Wildman–Crippen MR) is 98.8 cm³/mol. The fraction of sp³-hybridized carbons (Fsp3) is 0.364. The molecular weight excluding hydrogens is 292 g/mol. The monoisotopic (exact) mass is 317 g/mol. The van der Waals surface area contributed by atoms with Gasteiger partial charge in [-0.05, 0) is 47.5 Å². The topological polar surface area (TPSA) is 16.8 Å². The average molecular weight is 317 g/mol. The molecule has 1 aliphatic carbocycles. The zero-order valence-electron chi connectivity index (χ0n) is 14.6. The number of benzene rings is 2. The second-order valence-electron chi connectivity index (χ2n) is 7.23. The van der Waals surface area contributed by atoms with Gasteiger partial charge in [-0.1, -0.05) is 56.0 Å². The van der Waals surface area contributed by atoms with Crippen molar-refractivity contribution in [2.75, 3.05) is 0 Å². The molecule has 24 heavy (non-hydrogen) atoms. The van der Waals surface area contributed by atoms with Crippen LogP contribution in [0.1, 0.15) is 36.8 Å². The zero-order chi connectivity index (χ0) is 16.5. The number of rotatable bonds is 3. The molecule has 1 heterocycles. The third-order valence-electron chi connectivity index (χ3n) is 5.44. The molecule has 0 atom stereocenters. The summed E-state index contributed by atoms with van der Waals surface area (Å²) < 4.78 is 2.16. The molecule has 2 heteroatoms. The minimum Gasteiger partial charge on any atom is -0.232 e. The van der Waals surface area contributed by atoms with Gasteiger partial charge in [0.2, 0.25) is 0 Å². The Morgan fingerprint density at radius 2 is 1.88 bits per heavy atom. The highest BCUT2D eigenvalue weighted by atomic mass is 15.0. The molecular formula is C22H25N2+. The molecule has 0 unspecified atom stereocenters. The van der Waals surface area contributed by atoms with Gasteiger partial charge in [0.1, 0.15) is 5.69 Å². The van der Waals surface area contributed by atoms with Crippen molar-refractivity contribution in [1.82, 2.24) is 4.98 Å². The molecule has 0 bridgehead atoms. The fourth-order valence-electron chi connectivity index (χ4n) is 4.13. The Balaban J connectivity index is 1.85. The van der Waals surface area contributed by atoms with Crippen molar-refractivity contribution in [2.24, 2.45) is 13.0 Å². The van der Waals surface area contributed by atoms with Gasteiger partial charge in [0, 0.05) is 5.56 Å². The van der Waals surface area contributed by atoms with Crippen LogP contribution in [0.5, 0.6) is 0 Å². The van der Waals surface area contributed by atoms with Crippen molar-refractivity contribution in [3.63, 3.8) is 0 Å². The van der Waals surface area contributed by atoms with Crippen LogP contribution in [0, 0.1) is 12.8 Å². The first-order chi connectivity index (χ1) is 11.7. The first-order valence-corrected chi connectivity index (χ1v) is 9.05. The smallest absolute Gasteiger partial charge is 0.232 e. The van der Waals surface area contributed by atoms with Crippen molar-refractivity contribution in [2.45, 2.75) is 39.0 Å². The van der Waals surface area contributed by atoms with Crippen LogP contribution in [-0.2, 0) is 13.5 Å². The van der Waals surface area contributed by atoms with E-state index in [-0.39, 0.29) is 0 Å². The maximum atomic E-state index is 4.63. The third kappa shape index (κ3) is 2.82. The Morgan fingerprint density at radius 3 is 2.67 bits per heavy atom. The molecule has 1 aromatic heterocycles. The van der Waals surface area contributed by atoms with E-state index in [0.29, 0.717) is 0 Å². The lowest BCUT2D eigenvalue weighted by molar-refractivity contribution is -0.662. The summed E-state index contributed by atoms with van der Waals surface area (Å²) in [6, 6.07) is 15.5. The number of fused-ring (bicyclic) bond motifs is 1. The summed E-state index contributed by atoms with van der Waals surface area (Å²) in [5, 5.41) is 1.27. The molecule has 2 nitrogen and oxygen atoms in total. The lowest BCUT2D eigenvalue weighted by Crippen LogP contribution is -2.31. The van der Waals surface area contributed by atoms with Crippen molar-refractivity contribution >= 4 is 10.9 Å². The summed E-state index contributed by atoms with van der Waals surface area (Å²) in [6.07, 6.45) is 8.74. The summed E-state index contributed by atoms with van der Waals surface area (Å²) in [4.78, 5) is 4.63. The quantitative estimate of drug-likeness (QED) is 0.636. The lowest BCUT2D eigenvalue weighted by atomic mass is 9.95. The minimum atomic E-state index is 0.870. The molecule has 122 valence electrons. The zero-order valence-corrected chi connectivity index (χ0v) is 14.6. The van der Waals surface area contributed by atoms with Gasteiger partial charge >= 0.3 is 0 Å². The Bertz CT molecular complexity index is 876. The second kappa shape index (κ2) is 6.35. The van der Waals surface area contributed by atoms with Crippen LogP contribution in [0.3, 0.4) is 0 Å². The highest BCUT2D eigenvalue weighted by molar-refractivity contribution is 5.91. The van der Waals surface area contributed by atoms with Crippen LogP contribution in [-0.4, -0.2) is 4.98 Å². The largest absolute Gasteiger partial charge is 0.287 e. The summed E-state index contributed by atoms with van der Waals surface area (Å²) >= 11 is 0. The standard InChI is InChI=1S/C22H25N2/c1-16-7-3-6-10-19(16)22-20-14-18(13-17-8-4-5-9-17)11-12-21(20)23-15-24(22)2/h3,6-7,10-12,14-15,17H,4-5,8-9,13H2,1-2H3/q+1. The van der Waals surface area contributed by atoms with E-state index in [9.17, 15) is 0 Å².